The molecule has 0 aromatic heterocycles. The molecule has 0 aromatic carbocycles. The third-order valence-corrected chi connectivity index (χ3v) is 3.57. The monoisotopic (exact) mass is 222 g/mol. The van der Waals surface area contributed by atoms with Gasteiger partial charge in [-0.05, 0) is 12.3 Å². The first-order valence-corrected chi connectivity index (χ1v) is 6.28. The van der Waals surface area contributed by atoms with Gasteiger partial charge in [-0.15, -0.1) is 0 Å². The van der Waals surface area contributed by atoms with Crippen LogP contribution in [-0.4, -0.2) is 45.2 Å². The molecule has 1 rings (SSSR count). The van der Waals surface area contributed by atoms with Gasteiger partial charge in [0, 0.05) is 13.4 Å². The van der Waals surface area contributed by atoms with Crippen molar-refractivity contribution < 1.29 is 23.1 Å². The van der Waals surface area contributed by atoms with Crippen molar-refractivity contribution in [2.45, 2.75) is 6.42 Å². The summed E-state index contributed by atoms with van der Waals surface area (Å²) in [6.07, 6.45) is 1.51. The maximum absolute atomic E-state index is 11.0. The number of carboxylic acid groups (broad SMARTS) is 1. The minimum atomic E-state index is -3.10. The second kappa shape index (κ2) is 3.51. The van der Waals surface area contributed by atoms with Crippen LogP contribution in [0.5, 0.6) is 0 Å². The Hall–Kier alpha value is -0.620. The van der Waals surface area contributed by atoms with Crippen molar-refractivity contribution in [2.75, 3.05) is 25.7 Å². The Labute approximate surface area is 83.0 Å². The summed E-state index contributed by atoms with van der Waals surface area (Å²) in [6.45, 7) is 0.0858. The molecule has 1 aliphatic carbocycles. The predicted octanol–water partition coefficient (Wildman–Crippen LogP) is -0.232. The highest BCUT2D eigenvalue weighted by atomic mass is 32.2. The maximum Gasteiger partial charge on any atom is 0.312 e. The van der Waals surface area contributed by atoms with Gasteiger partial charge < -0.3 is 9.84 Å². The summed E-state index contributed by atoms with van der Waals surface area (Å²) in [5.74, 6) is -1.33. The maximum atomic E-state index is 11.0. The molecule has 0 heterocycles. The Kier molecular flexibility index (Phi) is 2.87. The van der Waals surface area contributed by atoms with E-state index in [9.17, 15) is 13.2 Å². The number of carboxylic acids is 1. The molecule has 82 valence electrons. The van der Waals surface area contributed by atoms with Crippen molar-refractivity contribution in [3.05, 3.63) is 0 Å². The highest BCUT2D eigenvalue weighted by Crippen LogP contribution is 2.53. The summed E-state index contributed by atoms with van der Waals surface area (Å²) >= 11 is 0. The van der Waals surface area contributed by atoms with E-state index in [1.165, 1.54) is 7.11 Å². The molecule has 6 heteroatoms. The molecule has 0 radical (unpaired) electrons. The van der Waals surface area contributed by atoms with Gasteiger partial charge >= 0.3 is 5.97 Å². The molecule has 0 spiro atoms. The van der Waals surface area contributed by atoms with E-state index in [2.05, 4.69) is 0 Å². The molecule has 0 saturated heterocycles. The minimum absolute atomic E-state index is 0.0668. The third kappa shape index (κ3) is 2.24. The van der Waals surface area contributed by atoms with Crippen molar-refractivity contribution in [1.82, 2.24) is 0 Å². The summed E-state index contributed by atoms with van der Waals surface area (Å²) in [5, 5.41) is 8.93. The van der Waals surface area contributed by atoms with Gasteiger partial charge in [0.05, 0.1) is 17.8 Å². The van der Waals surface area contributed by atoms with E-state index in [-0.39, 0.29) is 18.3 Å². The van der Waals surface area contributed by atoms with Gasteiger partial charge in [-0.3, -0.25) is 4.79 Å². The Morgan fingerprint density at radius 3 is 2.57 bits per heavy atom. The van der Waals surface area contributed by atoms with Crippen LogP contribution in [0.4, 0.5) is 0 Å². The van der Waals surface area contributed by atoms with Crippen molar-refractivity contribution in [3.63, 3.8) is 0 Å². The van der Waals surface area contributed by atoms with Gasteiger partial charge in [-0.1, -0.05) is 0 Å². The SMILES string of the molecule is COC[C@]1(C(=O)O)C[C@H]1CS(C)(=O)=O. The first-order chi connectivity index (χ1) is 6.32. The zero-order valence-corrected chi connectivity index (χ0v) is 9.00. The highest BCUT2D eigenvalue weighted by molar-refractivity contribution is 7.90. The normalized spacial score (nSPS) is 31.4. The van der Waals surface area contributed by atoms with Gasteiger partial charge in [0.15, 0.2) is 0 Å². The molecular formula is C8H14O5S. The second-order valence-electron chi connectivity index (χ2n) is 3.89. The molecule has 14 heavy (non-hydrogen) atoms. The average molecular weight is 222 g/mol. The second-order valence-corrected chi connectivity index (χ2v) is 6.07. The van der Waals surface area contributed by atoms with E-state index in [1.54, 1.807) is 0 Å². The van der Waals surface area contributed by atoms with Crippen molar-refractivity contribution in [3.8, 4) is 0 Å². The van der Waals surface area contributed by atoms with E-state index >= 15 is 0 Å². The number of methoxy groups -OCH3 is 1. The smallest absolute Gasteiger partial charge is 0.312 e. The van der Waals surface area contributed by atoms with Crippen LogP contribution < -0.4 is 0 Å². The van der Waals surface area contributed by atoms with Gasteiger partial charge in [-0.2, -0.15) is 0 Å². The lowest BCUT2D eigenvalue weighted by Crippen LogP contribution is -2.25. The van der Waals surface area contributed by atoms with Crippen LogP contribution in [0.3, 0.4) is 0 Å². The van der Waals surface area contributed by atoms with E-state index in [4.69, 9.17) is 9.84 Å². The Morgan fingerprint density at radius 2 is 2.21 bits per heavy atom. The summed E-state index contributed by atoms with van der Waals surface area (Å²) in [4.78, 5) is 10.9. The number of carbonyl (C=O) groups is 1. The first kappa shape index (κ1) is 11.5. The number of hydrogen-bond donors (Lipinski definition) is 1. The van der Waals surface area contributed by atoms with Crippen LogP contribution in [0.2, 0.25) is 0 Å². The van der Waals surface area contributed by atoms with Crippen molar-refractivity contribution in [2.24, 2.45) is 11.3 Å². The number of ether oxygens (including phenoxy) is 1. The molecule has 0 aliphatic heterocycles. The molecule has 0 aromatic rings. The van der Waals surface area contributed by atoms with Crippen LogP contribution in [0.1, 0.15) is 6.42 Å². The number of rotatable bonds is 5. The van der Waals surface area contributed by atoms with Crippen molar-refractivity contribution in [1.29, 1.82) is 0 Å². The Morgan fingerprint density at radius 1 is 1.64 bits per heavy atom. The van der Waals surface area contributed by atoms with Gasteiger partial charge in [-0.25, -0.2) is 8.42 Å². The summed E-state index contributed by atoms with van der Waals surface area (Å²) in [6, 6.07) is 0. The Bertz CT molecular complexity index is 334. The lowest BCUT2D eigenvalue weighted by molar-refractivity contribution is -0.146. The first-order valence-electron chi connectivity index (χ1n) is 4.22. The minimum Gasteiger partial charge on any atom is -0.481 e. The molecule has 1 aliphatic rings. The van der Waals surface area contributed by atoms with E-state index in [0.717, 1.165) is 6.26 Å². The lowest BCUT2D eigenvalue weighted by atomic mass is 10.1. The van der Waals surface area contributed by atoms with Crippen LogP contribution >= 0.6 is 0 Å². The molecule has 1 fully saturated rings. The molecule has 1 saturated carbocycles. The highest BCUT2D eigenvalue weighted by Gasteiger charge is 2.61. The van der Waals surface area contributed by atoms with Crippen LogP contribution in [0, 0.1) is 11.3 Å². The zero-order valence-electron chi connectivity index (χ0n) is 8.19. The molecule has 0 amide bonds. The fourth-order valence-corrected chi connectivity index (χ4v) is 2.89. The van der Waals surface area contributed by atoms with Crippen molar-refractivity contribution >= 4 is 15.8 Å². The quantitative estimate of drug-likeness (QED) is 0.695. The molecule has 0 unspecified atom stereocenters. The van der Waals surface area contributed by atoms with E-state index in [0.29, 0.717) is 6.42 Å². The van der Waals surface area contributed by atoms with Crippen LogP contribution in [0.25, 0.3) is 0 Å². The predicted molar refractivity (Wildman–Crippen MR) is 49.8 cm³/mol. The molecule has 5 nitrogen and oxygen atoms in total. The van der Waals surface area contributed by atoms with Gasteiger partial charge in [0.25, 0.3) is 0 Å². The average Bonchev–Trinajstić information content (AvgIpc) is 2.61. The lowest BCUT2D eigenvalue weighted by Gasteiger charge is -2.09. The topological polar surface area (TPSA) is 80.7 Å². The van der Waals surface area contributed by atoms with Crippen LogP contribution in [0.15, 0.2) is 0 Å². The fourth-order valence-electron chi connectivity index (χ4n) is 1.72. The van der Waals surface area contributed by atoms with Gasteiger partial charge in [0.2, 0.25) is 0 Å². The summed E-state index contributed by atoms with van der Waals surface area (Å²) < 4.78 is 26.7. The Balaban J connectivity index is 2.67. The van der Waals surface area contributed by atoms with Gasteiger partial charge in [0.1, 0.15) is 9.84 Å². The molecule has 1 N–H and O–H groups in total. The third-order valence-electron chi connectivity index (χ3n) is 2.56. The molecule has 2 atom stereocenters. The number of aliphatic carboxylic acids is 1. The molecular weight excluding hydrogens is 208 g/mol. The number of hydrogen-bond acceptors (Lipinski definition) is 4. The molecule has 0 bridgehead atoms. The number of sulfone groups is 1. The summed E-state index contributed by atoms with van der Waals surface area (Å²) in [7, 11) is -1.69. The van der Waals surface area contributed by atoms with E-state index in [1.807, 2.05) is 0 Å². The summed E-state index contributed by atoms with van der Waals surface area (Å²) in [5.41, 5.74) is -0.960. The standard InChI is InChI=1S/C8H14O5S/c1-13-5-8(7(9)10)3-6(8)4-14(2,11)12/h6H,3-5H2,1-2H3,(H,9,10)/t6-,8+/m0/s1. The zero-order chi connectivity index (χ0) is 11.0. The fraction of sp³-hybridized carbons (Fsp3) is 0.875. The largest absolute Gasteiger partial charge is 0.481 e. The van der Waals surface area contributed by atoms with E-state index < -0.39 is 21.2 Å². The van der Waals surface area contributed by atoms with Crippen LogP contribution in [-0.2, 0) is 19.4 Å².